The molecular weight excluding hydrogens is 1040 g/mol. The van der Waals surface area contributed by atoms with Gasteiger partial charge in [-0.05, 0) is 246 Å². The molecule has 0 atom stereocenters. The number of fused-ring (bicyclic) bond motifs is 10. The van der Waals surface area contributed by atoms with E-state index in [1.807, 2.05) is 6.08 Å². The molecule has 86 heavy (non-hydrogen) atoms. The van der Waals surface area contributed by atoms with Crippen LogP contribution in [0.15, 0.2) is 279 Å². The topological polar surface area (TPSA) is 13.0 Å². The standard InChI is InChI=1S/C82H72N4/c1-11-54(2)12-27-62(10)83(63-28-13-55(3)14-29-63)70-42-46-74-75-47-43-71(84(64-30-15-56(4)16-31-64)65-32-17-57(5)18-33-65)51-79(75)82(78(74)50-70)80-52-72(85(66-34-19-58(6)20-35-66)67-36-21-59(7)22-37-67)44-48-76(80)77-49-45-73(53-81(77)82)86(68-38-23-60(8)24-39-68)69-40-25-61(9)26-41-69/h11-53H,1H2,2-10H3/b54-12-,62-27+. The summed E-state index contributed by atoms with van der Waals surface area (Å²) in [5.41, 5.74) is 31.6. The van der Waals surface area contributed by atoms with Crippen LogP contribution in [-0.2, 0) is 5.41 Å². The summed E-state index contributed by atoms with van der Waals surface area (Å²) in [6, 6.07) is 91.8. The Labute approximate surface area is 509 Å². The number of anilines is 11. The molecule has 0 amide bonds. The van der Waals surface area contributed by atoms with Crippen molar-refractivity contribution in [3.05, 3.63) is 340 Å². The van der Waals surface area contributed by atoms with Gasteiger partial charge in [-0.2, -0.15) is 0 Å². The molecule has 0 saturated heterocycles. The van der Waals surface area contributed by atoms with E-state index in [1.165, 1.54) is 83.5 Å². The lowest BCUT2D eigenvalue weighted by Gasteiger charge is -2.35. The summed E-state index contributed by atoms with van der Waals surface area (Å²) >= 11 is 0. The first-order valence-electron chi connectivity index (χ1n) is 30.0. The maximum Gasteiger partial charge on any atom is 0.0728 e. The summed E-state index contributed by atoms with van der Waals surface area (Å²) in [5, 5.41) is 0. The van der Waals surface area contributed by atoms with Crippen molar-refractivity contribution in [2.45, 2.75) is 67.7 Å². The van der Waals surface area contributed by atoms with Crippen molar-refractivity contribution in [2.24, 2.45) is 0 Å². The average molecular weight is 1110 g/mol. The largest absolute Gasteiger partial charge is 0.315 e. The average Bonchev–Trinajstić information content (AvgIpc) is 1.51. The molecule has 1 spiro atoms. The second-order valence-corrected chi connectivity index (χ2v) is 23.8. The zero-order valence-corrected chi connectivity index (χ0v) is 50.8. The summed E-state index contributed by atoms with van der Waals surface area (Å²) in [6.07, 6.45) is 6.30. The Hall–Kier alpha value is -10.2. The highest BCUT2D eigenvalue weighted by atomic mass is 15.2. The fourth-order valence-electron chi connectivity index (χ4n) is 12.9. The molecule has 0 fully saturated rings. The van der Waals surface area contributed by atoms with Gasteiger partial charge in [-0.25, -0.2) is 0 Å². The molecule has 0 heterocycles. The highest BCUT2D eigenvalue weighted by Crippen LogP contribution is 2.65. The van der Waals surface area contributed by atoms with Gasteiger partial charge in [0.05, 0.1) is 5.41 Å². The molecule has 0 bridgehead atoms. The first kappa shape index (κ1) is 55.1. The van der Waals surface area contributed by atoms with E-state index in [0.29, 0.717) is 0 Å². The molecule has 4 nitrogen and oxygen atoms in total. The molecule has 11 aromatic rings. The predicted molar refractivity (Wildman–Crippen MR) is 366 cm³/mol. The summed E-state index contributed by atoms with van der Waals surface area (Å²) in [5.74, 6) is 0. The highest BCUT2D eigenvalue weighted by molar-refractivity contribution is 5.99. The number of rotatable bonds is 14. The lowest BCUT2D eigenvalue weighted by molar-refractivity contribution is 0.793. The van der Waals surface area contributed by atoms with Gasteiger partial charge in [0, 0.05) is 68.3 Å². The Bertz CT molecular complexity index is 3980. The van der Waals surface area contributed by atoms with E-state index in [9.17, 15) is 0 Å². The Morgan fingerprint density at radius 3 is 0.756 bits per heavy atom. The fraction of sp³-hybridized carbons (Fsp3) is 0.122. The third-order valence-electron chi connectivity index (χ3n) is 17.5. The van der Waals surface area contributed by atoms with Gasteiger partial charge in [0.2, 0.25) is 0 Å². The third-order valence-corrected chi connectivity index (χ3v) is 17.5. The molecule has 420 valence electrons. The summed E-state index contributed by atoms with van der Waals surface area (Å²) in [6.45, 7) is 23.6. The van der Waals surface area contributed by atoms with E-state index in [1.54, 1.807) is 0 Å². The summed E-state index contributed by atoms with van der Waals surface area (Å²) < 4.78 is 0. The van der Waals surface area contributed by atoms with Gasteiger partial charge in [0.25, 0.3) is 0 Å². The molecule has 0 saturated carbocycles. The maximum absolute atomic E-state index is 4.10. The molecule has 0 aromatic heterocycles. The van der Waals surface area contributed by atoms with E-state index >= 15 is 0 Å². The third kappa shape index (κ3) is 9.91. The van der Waals surface area contributed by atoms with Crippen molar-refractivity contribution >= 4 is 62.6 Å². The van der Waals surface area contributed by atoms with Crippen molar-refractivity contribution in [1.82, 2.24) is 0 Å². The van der Waals surface area contributed by atoms with Crippen LogP contribution in [0.4, 0.5) is 62.6 Å². The Morgan fingerprint density at radius 2 is 0.500 bits per heavy atom. The molecule has 2 aliphatic carbocycles. The van der Waals surface area contributed by atoms with Gasteiger partial charge >= 0.3 is 0 Å². The molecule has 0 aliphatic heterocycles. The lowest BCUT2D eigenvalue weighted by atomic mass is 9.70. The van der Waals surface area contributed by atoms with Crippen LogP contribution >= 0.6 is 0 Å². The lowest BCUT2D eigenvalue weighted by Crippen LogP contribution is -2.27. The van der Waals surface area contributed by atoms with Gasteiger partial charge in [0.1, 0.15) is 0 Å². The molecule has 2 aliphatic rings. The summed E-state index contributed by atoms with van der Waals surface area (Å²) in [4.78, 5) is 9.72. The van der Waals surface area contributed by atoms with Gasteiger partial charge in [0.15, 0.2) is 0 Å². The molecule has 4 heteroatoms. The minimum absolute atomic E-state index is 0.853. The monoisotopic (exact) mass is 1110 g/mol. The van der Waals surface area contributed by atoms with Crippen molar-refractivity contribution in [1.29, 1.82) is 0 Å². The van der Waals surface area contributed by atoms with Gasteiger partial charge in [-0.1, -0.05) is 172 Å². The van der Waals surface area contributed by atoms with Crippen LogP contribution in [-0.4, -0.2) is 0 Å². The smallest absolute Gasteiger partial charge is 0.0728 e. The maximum atomic E-state index is 4.10. The SMILES string of the molecule is C=C/C(C)=C\C=C(/C)N(c1ccc(C)cc1)c1ccc2c(c1)C1(c3cc(N(c4ccc(C)cc4)c4ccc(C)cc4)ccc3-2)c2cc(N(c3ccc(C)cc3)c3ccc(C)cc3)ccc2-c2ccc(N(c3ccc(C)cc3)c3ccc(C)cc3)cc21. The minimum atomic E-state index is -0.853. The first-order chi connectivity index (χ1) is 41.7. The van der Waals surface area contributed by atoms with Crippen molar-refractivity contribution < 1.29 is 0 Å². The van der Waals surface area contributed by atoms with Crippen LogP contribution in [0.2, 0.25) is 0 Å². The van der Waals surface area contributed by atoms with E-state index in [0.717, 1.165) is 73.8 Å². The summed E-state index contributed by atoms with van der Waals surface area (Å²) in [7, 11) is 0. The number of allylic oxidation sites excluding steroid dienone is 5. The second kappa shape index (κ2) is 22.4. The van der Waals surface area contributed by atoms with E-state index in [-0.39, 0.29) is 0 Å². The van der Waals surface area contributed by atoms with Gasteiger partial charge in [-0.3, -0.25) is 0 Å². The van der Waals surface area contributed by atoms with Crippen molar-refractivity contribution in [3.8, 4) is 22.3 Å². The molecule has 0 radical (unpaired) electrons. The highest BCUT2D eigenvalue weighted by Gasteiger charge is 2.53. The van der Waals surface area contributed by atoms with E-state index in [2.05, 4.69) is 343 Å². The van der Waals surface area contributed by atoms with Crippen LogP contribution in [0, 0.1) is 48.5 Å². The first-order valence-corrected chi connectivity index (χ1v) is 30.0. The van der Waals surface area contributed by atoms with Gasteiger partial charge < -0.3 is 19.6 Å². The fourth-order valence-corrected chi connectivity index (χ4v) is 12.9. The van der Waals surface area contributed by atoms with Crippen LogP contribution in [0.5, 0.6) is 0 Å². The van der Waals surface area contributed by atoms with Crippen LogP contribution in [0.3, 0.4) is 0 Å². The molecule has 11 aromatic carbocycles. The normalized spacial score (nSPS) is 12.8. The number of nitrogens with zero attached hydrogens (tertiary/aromatic N) is 4. The van der Waals surface area contributed by atoms with Crippen LogP contribution in [0.25, 0.3) is 22.3 Å². The quantitative estimate of drug-likeness (QED) is 0.101. The predicted octanol–water partition coefficient (Wildman–Crippen LogP) is 22.8. The van der Waals surface area contributed by atoms with Crippen LogP contribution < -0.4 is 19.6 Å². The zero-order valence-electron chi connectivity index (χ0n) is 50.8. The molecular formula is C82H72N4. The van der Waals surface area contributed by atoms with E-state index < -0.39 is 5.41 Å². The Balaban J connectivity index is 1.15. The number of hydrogen-bond acceptors (Lipinski definition) is 4. The van der Waals surface area contributed by atoms with Crippen molar-refractivity contribution in [2.75, 3.05) is 19.6 Å². The second-order valence-electron chi connectivity index (χ2n) is 23.8. The zero-order chi connectivity index (χ0) is 59.4. The van der Waals surface area contributed by atoms with Crippen molar-refractivity contribution in [3.63, 3.8) is 0 Å². The molecule has 0 N–H and O–H groups in total. The van der Waals surface area contributed by atoms with E-state index in [4.69, 9.17) is 0 Å². The van der Waals surface area contributed by atoms with Crippen LogP contribution in [0.1, 0.15) is 75.0 Å². The minimum Gasteiger partial charge on any atom is -0.315 e. The molecule has 13 rings (SSSR count). The Morgan fingerprint density at radius 1 is 0.279 bits per heavy atom. The number of hydrogen-bond donors (Lipinski definition) is 0. The number of benzene rings is 11. The molecule has 0 unspecified atom stereocenters. The van der Waals surface area contributed by atoms with Gasteiger partial charge in [-0.15, -0.1) is 0 Å². The Kier molecular flexibility index (Phi) is 14.4. The number of aryl methyl sites for hydroxylation is 7.